The van der Waals surface area contributed by atoms with Gasteiger partial charge in [0.15, 0.2) is 0 Å². The molecule has 2 aromatic carbocycles. The maximum Gasteiger partial charge on any atom is 0.298 e. The summed E-state index contributed by atoms with van der Waals surface area (Å²) < 4.78 is 14.4. The van der Waals surface area contributed by atoms with Gasteiger partial charge >= 0.3 is 0 Å². The zero-order valence-electron chi connectivity index (χ0n) is 13.1. The van der Waals surface area contributed by atoms with Crippen molar-refractivity contribution >= 4 is 33.8 Å². The summed E-state index contributed by atoms with van der Waals surface area (Å²) in [5.41, 5.74) is 1.06. The molecular formula is C17H10FN5O3. The Labute approximate surface area is 144 Å². The maximum absolute atomic E-state index is 13.4. The summed E-state index contributed by atoms with van der Waals surface area (Å²) in [4.78, 5) is 29.9. The van der Waals surface area contributed by atoms with Crippen molar-refractivity contribution in [2.24, 2.45) is 5.10 Å². The lowest BCUT2D eigenvalue weighted by molar-refractivity contribution is -0.384. The van der Waals surface area contributed by atoms with Crippen molar-refractivity contribution in [2.75, 3.05) is 0 Å². The lowest BCUT2D eigenvalue weighted by Gasteiger charge is -1.98. The third-order valence-electron chi connectivity index (χ3n) is 3.86. The molecule has 0 fully saturated rings. The summed E-state index contributed by atoms with van der Waals surface area (Å²) in [6.45, 7) is 0. The summed E-state index contributed by atoms with van der Waals surface area (Å²) in [5, 5.41) is 15.3. The van der Waals surface area contributed by atoms with Crippen LogP contribution < -0.4 is 5.56 Å². The van der Waals surface area contributed by atoms with Gasteiger partial charge in [0, 0.05) is 28.6 Å². The largest absolute Gasteiger partial charge is 0.349 e. The summed E-state index contributed by atoms with van der Waals surface area (Å²) in [7, 11) is 0. The van der Waals surface area contributed by atoms with Gasteiger partial charge in [-0.25, -0.2) is 9.37 Å². The van der Waals surface area contributed by atoms with Gasteiger partial charge < -0.3 is 4.98 Å². The Bertz CT molecular complexity index is 1260. The second kappa shape index (κ2) is 5.88. The molecule has 4 aromatic rings. The van der Waals surface area contributed by atoms with E-state index in [4.69, 9.17) is 0 Å². The number of nitrogens with one attached hydrogen (secondary N) is 1. The molecule has 0 radical (unpaired) electrons. The molecule has 128 valence electrons. The number of non-ortho nitro benzene ring substituents is 1. The quantitative estimate of drug-likeness (QED) is 0.348. The molecule has 2 heterocycles. The van der Waals surface area contributed by atoms with Crippen molar-refractivity contribution in [1.82, 2.24) is 14.6 Å². The fraction of sp³-hybridized carbons (Fsp3) is 0. The molecule has 0 aliphatic rings. The Hall–Kier alpha value is -3.88. The molecule has 2 aromatic heterocycles. The predicted molar refractivity (Wildman–Crippen MR) is 93.9 cm³/mol. The summed E-state index contributed by atoms with van der Waals surface area (Å²) in [6, 6.07) is 9.97. The lowest BCUT2D eigenvalue weighted by atomic mass is 10.2. The van der Waals surface area contributed by atoms with Gasteiger partial charge in [0.2, 0.25) is 0 Å². The molecule has 0 unspecified atom stereocenters. The van der Waals surface area contributed by atoms with E-state index >= 15 is 0 Å². The van der Waals surface area contributed by atoms with Crippen molar-refractivity contribution in [3.05, 3.63) is 80.6 Å². The molecule has 9 heteroatoms. The van der Waals surface area contributed by atoms with E-state index in [0.717, 1.165) is 4.68 Å². The molecule has 4 rings (SSSR count). The number of nitro groups is 1. The fourth-order valence-electron chi connectivity index (χ4n) is 2.65. The molecule has 0 amide bonds. The molecule has 0 saturated heterocycles. The molecule has 26 heavy (non-hydrogen) atoms. The summed E-state index contributed by atoms with van der Waals surface area (Å²) >= 11 is 0. The standard InChI is InChI=1S/C17H10FN5O3/c18-11-4-5-14-13(7-11)15-16(21-14)17(24)22(9-19-15)20-8-10-2-1-3-12(6-10)23(25)26/h1-9,21H/b20-8-. The van der Waals surface area contributed by atoms with Gasteiger partial charge in [-0.1, -0.05) is 12.1 Å². The topological polar surface area (TPSA) is 106 Å². The van der Waals surface area contributed by atoms with Gasteiger partial charge in [-0.2, -0.15) is 9.78 Å². The Balaban J connectivity index is 1.79. The van der Waals surface area contributed by atoms with E-state index in [2.05, 4.69) is 15.1 Å². The van der Waals surface area contributed by atoms with Crippen molar-refractivity contribution < 1.29 is 9.31 Å². The average molecular weight is 351 g/mol. The molecule has 0 saturated carbocycles. The van der Waals surface area contributed by atoms with Crippen LogP contribution in [0.2, 0.25) is 0 Å². The minimum atomic E-state index is -0.513. The molecule has 8 nitrogen and oxygen atoms in total. The summed E-state index contributed by atoms with van der Waals surface area (Å²) in [5.74, 6) is -0.423. The van der Waals surface area contributed by atoms with E-state index in [1.54, 1.807) is 6.07 Å². The van der Waals surface area contributed by atoms with Crippen molar-refractivity contribution in [2.45, 2.75) is 0 Å². The first-order valence-electron chi connectivity index (χ1n) is 7.50. The predicted octanol–water partition coefficient (Wildman–Crippen LogP) is 2.81. The minimum absolute atomic E-state index is 0.0764. The van der Waals surface area contributed by atoms with Gasteiger partial charge in [-0.05, 0) is 18.2 Å². The highest BCUT2D eigenvalue weighted by Gasteiger charge is 2.11. The molecule has 0 spiro atoms. The van der Waals surface area contributed by atoms with Crippen LogP contribution in [0.25, 0.3) is 21.9 Å². The smallest absolute Gasteiger partial charge is 0.298 e. The Morgan fingerprint density at radius 3 is 2.92 bits per heavy atom. The number of nitrogens with zero attached hydrogens (tertiary/aromatic N) is 4. The molecule has 0 aliphatic heterocycles. The van der Waals surface area contributed by atoms with Crippen molar-refractivity contribution in [1.29, 1.82) is 0 Å². The van der Waals surface area contributed by atoms with Gasteiger partial charge in [0.05, 0.1) is 11.1 Å². The SMILES string of the molecule is O=c1c2[nH]c3ccc(F)cc3c2ncn1/N=C\c1cccc([N+](=O)[O-])c1. The number of hydrogen-bond acceptors (Lipinski definition) is 5. The average Bonchev–Trinajstić information content (AvgIpc) is 3.00. The van der Waals surface area contributed by atoms with Gasteiger partial charge in [0.25, 0.3) is 11.2 Å². The second-order valence-electron chi connectivity index (χ2n) is 5.53. The van der Waals surface area contributed by atoms with E-state index in [9.17, 15) is 19.3 Å². The van der Waals surface area contributed by atoms with Crippen LogP contribution in [-0.4, -0.2) is 25.8 Å². The molecular weight excluding hydrogens is 341 g/mol. The molecule has 1 N–H and O–H groups in total. The molecule has 0 atom stereocenters. The Morgan fingerprint density at radius 2 is 2.12 bits per heavy atom. The lowest BCUT2D eigenvalue weighted by Crippen LogP contribution is -2.17. The zero-order valence-corrected chi connectivity index (χ0v) is 13.1. The van der Waals surface area contributed by atoms with Gasteiger partial charge in [-0.15, -0.1) is 0 Å². The highest BCUT2D eigenvalue weighted by Crippen LogP contribution is 2.22. The third-order valence-corrected chi connectivity index (χ3v) is 3.86. The number of aromatic amines is 1. The number of fused-ring (bicyclic) bond motifs is 3. The molecule has 0 aliphatic carbocycles. The van der Waals surface area contributed by atoms with Crippen LogP contribution in [-0.2, 0) is 0 Å². The monoisotopic (exact) mass is 351 g/mol. The number of halogens is 1. The highest BCUT2D eigenvalue weighted by molar-refractivity contribution is 6.04. The van der Waals surface area contributed by atoms with E-state index in [0.29, 0.717) is 22.0 Å². The number of aromatic nitrogens is 3. The number of benzene rings is 2. The van der Waals surface area contributed by atoms with Crippen LogP contribution in [0.15, 0.2) is 58.7 Å². The number of H-pyrrole nitrogens is 1. The first kappa shape index (κ1) is 15.6. The Kier molecular flexibility index (Phi) is 3.54. The number of hydrogen-bond donors (Lipinski definition) is 1. The van der Waals surface area contributed by atoms with Crippen LogP contribution in [0.4, 0.5) is 10.1 Å². The first-order valence-corrected chi connectivity index (χ1v) is 7.50. The summed E-state index contributed by atoms with van der Waals surface area (Å²) in [6.07, 6.45) is 2.54. The van der Waals surface area contributed by atoms with Crippen molar-refractivity contribution in [3.8, 4) is 0 Å². The van der Waals surface area contributed by atoms with E-state index < -0.39 is 16.3 Å². The van der Waals surface area contributed by atoms with Crippen LogP contribution in [0, 0.1) is 15.9 Å². The number of nitro benzene ring substituents is 1. The van der Waals surface area contributed by atoms with E-state index in [1.807, 2.05) is 0 Å². The zero-order chi connectivity index (χ0) is 18.3. The first-order chi connectivity index (χ1) is 12.5. The van der Waals surface area contributed by atoms with E-state index in [-0.39, 0.29) is 11.2 Å². The minimum Gasteiger partial charge on any atom is -0.349 e. The van der Waals surface area contributed by atoms with E-state index in [1.165, 1.54) is 48.9 Å². The third kappa shape index (κ3) is 2.61. The van der Waals surface area contributed by atoms with Gasteiger partial charge in [-0.3, -0.25) is 14.9 Å². The van der Waals surface area contributed by atoms with Crippen molar-refractivity contribution in [3.63, 3.8) is 0 Å². The Morgan fingerprint density at radius 1 is 1.27 bits per heavy atom. The highest BCUT2D eigenvalue weighted by atomic mass is 19.1. The van der Waals surface area contributed by atoms with Crippen LogP contribution in [0.3, 0.4) is 0 Å². The fourth-order valence-corrected chi connectivity index (χ4v) is 2.65. The number of rotatable bonds is 3. The maximum atomic E-state index is 13.4. The second-order valence-corrected chi connectivity index (χ2v) is 5.53. The van der Waals surface area contributed by atoms with Crippen LogP contribution in [0.5, 0.6) is 0 Å². The van der Waals surface area contributed by atoms with Crippen LogP contribution >= 0.6 is 0 Å². The molecule has 0 bridgehead atoms. The normalized spacial score (nSPS) is 11.6. The van der Waals surface area contributed by atoms with Crippen LogP contribution in [0.1, 0.15) is 5.56 Å². The van der Waals surface area contributed by atoms with Gasteiger partial charge in [0.1, 0.15) is 23.2 Å².